The Labute approximate surface area is 165 Å². The predicted molar refractivity (Wildman–Crippen MR) is 97.5 cm³/mol. The van der Waals surface area contributed by atoms with E-state index in [1.807, 2.05) is 0 Å². The Balaban J connectivity index is 1.73. The SMILES string of the molecule is O=C(c1ccc(Cl)c(Cl)c1)N1CCN(S(=O)(=O)c2cc(F)ccc2F)CC1. The van der Waals surface area contributed by atoms with Gasteiger partial charge in [-0.3, -0.25) is 4.79 Å². The second kappa shape index (κ2) is 7.71. The highest BCUT2D eigenvalue weighted by atomic mass is 35.5. The van der Waals surface area contributed by atoms with E-state index in [-0.39, 0.29) is 37.1 Å². The highest BCUT2D eigenvalue weighted by molar-refractivity contribution is 7.89. The Morgan fingerprint density at radius 2 is 1.59 bits per heavy atom. The van der Waals surface area contributed by atoms with Crippen LogP contribution in [0.1, 0.15) is 10.4 Å². The molecule has 2 aromatic rings. The first kappa shape index (κ1) is 20.0. The highest BCUT2D eigenvalue weighted by Gasteiger charge is 2.32. The van der Waals surface area contributed by atoms with Crippen molar-refractivity contribution in [2.45, 2.75) is 4.90 Å². The summed E-state index contributed by atoms with van der Waals surface area (Å²) >= 11 is 11.8. The van der Waals surface area contributed by atoms with Crippen LogP contribution in [-0.4, -0.2) is 49.7 Å². The van der Waals surface area contributed by atoms with Crippen molar-refractivity contribution < 1.29 is 22.0 Å². The number of piperazine rings is 1. The molecule has 1 amide bonds. The Morgan fingerprint density at radius 1 is 0.926 bits per heavy atom. The Morgan fingerprint density at radius 3 is 2.22 bits per heavy atom. The number of carbonyl (C=O) groups excluding carboxylic acids is 1. The smallest absolute Gasteiger partial charge is 0.253 e. The van der Waals surface area contributed by atoms with Crippen LogP contribution in [0, 0.1) is 11.6 Å². The minimum atomic E-state index is -4.20. The van der Waals surface area contributed by atoms with Gasteiger partial charge in [-0.25, -0.2) is 17.2 Å². The summed E-state index contributed by atoms with van der Waals surface area (Å²) < 4.78 is 53.4. The van der Waals surface area contributed by atoms with Gasteiger partial charge < -0.3 is 4.90 Å². The van der Waals surface area contributed by atoms with Crippen LogP contribution in [0.4, 0.5) is 8.78 Å². The molecule has 0 aliphatic carbocycles. The fourth-order valence-corrected chi connectivity index (χ4v) is 4.55. The zero-order valence-corrected chi connectivity index (χ0v) is 16.2. The van der Waals surface area contributed by atoms with Crippen LogP contribution in [0.5, 0.6) is 0 Å². The molecule has 0 aromatic heterocycles. The van der Waals surface area contributed by atoms with Gasteiger partial charge in [0.25, 0.3) is 5.91 Å². The van der Waals surface area contributed by atoms with Crippen LogP contribution in [-0.2, 0) is 10.0 Å². The van der Waals surface area contributed by atoms with Crippen LogP contribution in [0.3, 0.4) is 0 Å². The molecular weight excluding hydrogens is 421 g/mol. The third-order valence-corrected chi connectivity index (χ3v) is 6.86. The summed E-state index contributed by atoms with van der Waals surface area (Å²) in [6, 6.07) is 6.75. The number of carbonyl (C=O) groups is 1. The van der Waals surface area contributed by atoms with Gasteiger partial charge in [0, 0.05) is 31.7 Å². The van der Waals surface area contributed by atoms with Crippen LogP contribution in [0.25, 0.3) is 0 Å². The van der Waals surface area contributed by atoms with Gasteiger partial charge >= 0.3 is 0 Å². The summed E-state index contributed by atoms with van der Waals surface area (Å²) in [4.78, 5) is 13.3. The van der Waals surface area contributed by atoms with Gasteiger partial charge in [-0.15, -0.1) is 0 Å². The first-order chi connectivity index (χ1) is 12.7. The minimum Gasteiger partial charge on any atom is -0.336 e. The molecule has 0 bridgehead atoms. The molecule has 144 valence electrons. The maximum atomic E-state index is 13.9. The van der Waals surface area contributed by atoms with Crippen molar-refractivity contribution in [3.05, 3.63) is 63.6 Å². The van der Waals surface area contributed by atoms with Crippen LogP contribution >= 0.6 is 23.2 Å². The van der Waals surface area contributed by atoms with Gasteiger partial charge in [0.2, 0.25) is 10.0 Å². The fourth-order valence-electron chi connectivity index (χ4n) is 2.76. The molecule has 0 saturated carbocycles. The lowest BCUT2D eigenvalue weighted by Crippen LogP contribution is -2.50. The molecule has 0 spiro atoms. The van der Waals surface area contributed by atoms with Crippen LogP contribution in [0.2, 0.25) is 10.0 Å². The first-order valence-corrected chi connectivity index (χ1v) is 10.1. The molecule has 10 heteroatoms. The van der Waals surface area contributed by atoms with Gasteiger partial charge in [0.1, 0.15) is 16.5 Å². The van der Waals surface area contributed by atoms with Crippen molar-refractivity contribution in [3.8, 4) is 0 Å². The maximum Gasteiger partial charge on any atom is 0.253 e. The second-order valence-electron chi connectivity index (χ2n) is 5.90. The van der Waals surface area contributed by atoms with Crippen LogP contribution < -0.4 is 0 Å². The van der Waals surface area contributed by atoms with E-state index in [4.69, 9.17) is 23.2 Å². The lowest BCUT2D eigenvalue weighted by atomic mass is 10.2. The van der Waals surface area contributed by atoms with Gasteiger partial charge in [-0.05, 0) is 36.4 Å². The number of nitrogens with zero attached hydrogens (tertiary/aromatic N) is 2. The van der Waals surface area contributed by atoms with Crippen molar-refractivity contribution in [1.82, 2.24) is 9.21 Å². The summed E-state index contributed by atoms with van der Waals surface area (Å²) in [6.45, 7) is 0.140. The van der Waals surface area contributed by atoms with Crippen molar-refractivity contribution in [2.75, 3.05) is 26.2 Å². The summed E-state index contributed by atoms with van der Waals surface area (Å²) in [6.07, 6.45) is 0. The second-order valence-corrected chi connectivity index (χ2v) is 8.62. The standard InChI is InChI=1S/C17H14Cl2F2N2O3S/c18-13-3-1-11(9-14(13)19)17(24)22-5-7-23(8-6-22)27(25,26)16-10-12(20)2-4-15(16)21/h1-4,9-10H,5-8H2. The van der Waals surface area contributed by atoms with E-state index in [1.54, 1.807) is 0 Å². The summed E-state index contributed by atoms with van der Waals surface area (Å²) in [5.41, 5.74) is 0.330. The number of benzene rings is 2. The summed E-state index contributed by atoms with van der Waals surface area (Å²) in [5, 5.41) is 0.562. The maximum absolute atomic E-state index is 13.9. The van der Waals surface area contributed by atoms with Crippen molar-refractivity contribution in [3.63, 3.8) is 0 Å². The number of hydrogen-bond acceptors (Lipinski definition) is 3. The van der Waals surface area contributed by atoms with Gasteiger partial charge in [0.15, 0.2) is 0 Å². The zero-order valence-electron chi connectivity index (χ0n) is 13.8. The van der Waals surface area contributed by atoms with Gasteiger partial charge in [-0.2, -0.15) is 4.31 Å². The molecule has 1 aliphatic heterocycles. The number of rotatable bonds is 3. The van der Waals surface area contributed by atoms with Gasteiger partial charge in [-0.1, -0.05) is 23.2 Å². The Hall–Kier alpha value is -1.74. The largest absolute Gasteiger partial charge is 0.336 e. The molecule has 5 nitrogen and oxygen atoms in total. The molecule has 0 N–H and O–H groups in total. The van der Waals surface area contributed by atoms with E-state index in [9.17, 15) is 22.0 Å². The topological polar surface area (TPSA) is 57.7 Å². The monoisotopic (exact) mass is 434 g/mol. The number of hydrogen-bond donors (Lipinski definition) is 0. The average Bonchev–Trinajstić information content (AvgIpc) is 2.65. The molecule has 1 fully saturated rings. The van der Waals surface area contributed by atoms with E-state index in [0.29, 0.717) is 16.7 Å². The molecule has 2 aromatic carbocycles. The number of amides is 1. The normalized spacial score (nSPS) is 15.8. The minimum absolute atomic E-state index is 0.0364. The first-order valence-electron chi connectivity index (χ1n) is 7.89. The quantitative estimate of drug-likeness (QED) is 0.743. The molecule has 1 aliphatic rings. The number of sulfonamides is 1. The van der Waals surface area contributed by atoms with Crippen molar-refractivity contribution in [1.29, 1.82) is 0 Å². The summed E-state index contributed by atoms with van der Waals surface area (Å²) in [7, 11) is -4.20. The van der Waals surface area contributed by atoms with E-state index in [1.165, 1.54) is 23.1 Å². The lowest BCUT2D eigenvalue weighted by molar-refractivity contribution is 0.0697. The molecule has 1 saturated heterocycles. The van der Waals surface area contributed by atoms with Crippen molar-refractivity contribution in [2.24, 2.45) is 0 Å². The molecular formula is C17H14Cl2F2N2O3S. The Bertz CT molecular complexity index is 994. The number of halogens is 4. The molecule has 3 rings (SSSR count). The molecule has 0 atom stereocenters. The van der Waals surface area contributed by atoms with Gasteiger partial charge in [0.05, 0.1) is 10.0 Å². The lowest BCUT2D eigenvalue weighted by Gasteiger charge is -2.34. The fraction of sp³-hybridized carbons (Fsp3) is 0.235. The van der Waals surface area contributed by atoms with E-state index in [2.05, 4.69) is 0 Å². The van der Waals surface area contributed by atoms with E-state index < -0.39 is 26.6 Å². The highest BCUT2D eigenvalue weighted by Crippen LogP contribution is 2.25. The Kier molecular flexibility index (Phi) is 5.71. The third kappa shape index (κ3) is 4.08. The third-order valence-electron chi connectivity index (χ3n) is 4.20. The summed E-state index contributed by atoms with van der Waals surface area (Å²) in [5.74, 6) is -2.18. The van der Waals surface area contributed by atoms with Crippen LogP contribution in [0.15, 0.2) is 41.3 Å². The predicted octanol–water partition coefficient (Wildman–Crippen LogP) is 3.42. The van der Waals surface area contributed by atoms with E-state index >= 15 is 0 Å². The molecule has 0 unspecified atom stereocenters. The molecule has 0 radical (unpaired) electrons. The van der Waals surface area contributed by atoms with Crippen molar-refractivity contribution >= 4 is 39.1 Å². The molecule has 27 heavy (non-hydrogen) atoms. The zero-order chi connectivity index (χ0) is 19.8. The average molecular weight is 435 g/mol. The van der Waals surface area contributed by atoms with E-state index in [0.717, 1.165) is 16.4 Å². The molecule has 1 heterocycles.